The highest BCUT2D eigenvalue weighted by Crippen LogP contribution is 2.19. The zero-order valence-electron chi connectivity index (χ0n) is 15.2. The SMILES string of the molecule is Cc1csc(CCC(=O)c2cnc(CNS(=O)(=O)c3ccc(F)c(Cl)c3)cn2)n1. The molecule has 0 bridgehead atoms. The summed E-state index contributed by atoms with van der Waals surface area (Å²) < 4.78 is 40.1. The van der Waals surface area contributed by atoms with Crippen LogP contribution < -0.4 is 4.72 Å². The molecule has 2 aromatic heterocycles. The third-order valence-corrected chi connectivity index (χ3v) is 6.58. The summed E-state index contributed by atoms with van der Waals surface area (Å²) >= 11 is 7.13. The molecule has 0 amide bonds. The second-order valence-electron chi connectivity index (χ2n) is 6.10. The Bertz CT molecular complexity index is 1130. The molecule has 11 heteroatoms. The summed E-state index contributed by atoms with van der Waals surface area (Å²) in [6, 6.07) is 3.11. The molecule has 0 spiro atoms. The van der Waals surface area contributed by atoms with Gasteiger partial charge < -0.3 is 0 Å². The van der Waals surface area contributed by atoms with E-state index in [1.807, 2.05) is 12.3 Å². The lowest BCUT2D eigenvalue weighted by atomic mass is 10.2. The number of rotatable bonds is 8. The van der Waals surface area contributed by atoms with Gasteiger partial charge in [0.25, 0.3) is 0 Å². The Morgan fingerprint density at radius 2 is 2.07 bits per heavy atom. The summed E-state index contributed by atoms with van der Waals surface area (Å²) in [6.07, 6.45) is 3.44. The molecule has 152 valence electrons. The van der Waals surface area contributed by atoms with Gasteiger partial charge in [0.05, 0.1) is 39.6 Å². The quantitative estimate of drug-likeness (QED) is 0.524. The lowest BCUT2D eigenvalue weighted by Gasteiger charge is -2.07. The summed E-state index contributed by atoms with van der Waals surface area (Å²) in [4.78, 5) is 24.5. The molecule has 1 aromatic carbocycles. The molecule has 7 nitrogen and oxygen atoms in total. The summed E-state index contributed by atoms with van der Waals surface area (Å²) in [5, 5.41) is 2.52. The van der Waals surface area contributed by atoms with E-state index in [9.17, 15) is 17.6 Å². The molecule has 2 heterocycles. The largest absolute Gasteiger partial charge is 0.292 e. The van der Waals surface area contributed by atoms with Crippen molar-refractivity contribution in [1.29, 1.82) is 0 Å². The molecular formula is C18H16ClFN4O3S2. The minimum absolute atomic E-state index is 0.142. The van der Waals surface area contributed by atoms with E-state index < -0.39 is 15.8 Å². The number of carbonyl (C=O) groups is 1. The number of hydrogen-bond donors (Lipinski definition) is 1. The maximum absolute atomic E-state index is 13.2. The molecule has 29 heavy (non-hydrogen) atoms. The molecule has 1 N–H and O–H groups in total. The molecule has 3 rings (SSSR count). The number of nitrogens with one attached hydrogen (secondary N) is 1. The highest BCUT2D eigenvalue weighted by atomic mass is 35.5. The van der Waals surface area contributed by atoms with E-state index in [1.54, 1.807) is 0 Å². The monoisotopic (exact) mass is 454 g/mol. The van der Waals surface area contributed by atoms with Crippen molar-refractivity contribution in [3.63, 3.8) is 0 Å². The predicted octanol–water partition coefficient (Wildman–Crippen LogP) is 3.33. The Labute approximate surface area is 176 Å². The summed E-state index contributed by atoms with van der Waals surface area (Å²) in [7, 11) is -3.90. The summed E-state index contributed by atoms with van der Waals surface area (Å²) in [5.74, 6) is -0.875. The smallest absolute Gasteiger partial charge is 0.240 e. The van der Waals surface area contributed by atoms with Crippen LogP contribution in [0, 0.1) is 12.7 Å². The molecule has 0 aliphatic carbocycles. The Morgan fingerprint density at radius 1 is 1.28 bits per heavy atom. The van der Waals surface area contributed by atoms with Crippen LogP contribution in [0.1, 0.15) is 33.3 Å². The predicted molar refractivity (Wildman–Crippen MR) is 107 cm³/mol. The van der Waals surface area contributed by atoms with Gasteiger partial charge in [-0.05, 0) is 25.1 Å². The van der Waals surface area contributed by atoms with Crippen LogP contribution in [0.15, 0.2) is 40.9 Å². The molecule has 0 aliphatic heterocycles. The van der Waals surface area contributed by atoms with Gasteiger partial charge in [-0.25, -0.2) is 27.5 Å². The van der Waals surface area contributed by atoms with Gasteiger partial charge in [-0.1, -0.05) is 11.6 Å². The van der Waals surface area contributed by atoms with Crippen LogP contribution in [0.25, 0.3) is 0 Å². The Morgan fingerprint density at radius 3 is 2.69 bits per heavy atom. The number of carbonyl (C=O) groups excluding carboxylic acids is 1. The van der Waals surface area contributed by atoms with Gasteiger partial charge in [0.2, 0.25) is 10.0 Å². The summed E-state index contributed by atoms with van der Waals surface area (Å²) in [5.41, 5.74) is 1.45. The van der Waals surface area contributed by atoms with E-state index in [0.29, 0.717) is 12.1 Å². The maximum Gasteiger partial charge on any atom is 0.240 e. The average Bonchev–Trinajstić information content (AvgIpc) is 3.12. The molecule has 0 radical (unpaired) electrons. The van der Waals surface area contributed by atoms with Gasteiger partial charge in [-0.3, -0.25) is 9.78 Å². The fourth-order valence-corrected chi connectivity index (χ4v) is 4.40. The lowest BCUT2D eigenvalue weighted by molar-refractivity contribution is 0.0977. The normalized spacial score (nSPS) is 11.6. The van der Waals surface area contributed by atoms with Gasteiger partial charge in [0, 0.05) is 23.9 Å². The van der Waals surface area contributed by atoms with Crippen molar-refractivity contribution in [1.82, 2.24) is 19.7 Å². The molecule has 0 fully saturated rings. The van der Waals surface area contributed by atoms with Crippen LogP contribution in [0.4, 0.5) is 4.39 Å². The molecule has 3 aromatic rings. The third-order valence-electron chi connectivity index (χ3n) is 3.87. The van der Waals surface area contributed by atoms with Crippen molar-refractivity contribution in [3.8, 4) is 0 Å². The first-order valence-electron chi connectivity index (χ1n) is 8.44. The third kappa shape index (κ3) is 5.63. The van der Waals surface area contributed by atoms with Crippen LogP contribution in [0.2, 0.25) is 5.02 Å². The number of benzene rings is 1. The van der Waals surface area contributed by atoms with Gasteiger partial charge in [-0.2, -0.15) is 0 Å². The first-order chi connectivity index (χ1) is 13.7. The van der Waals surface area contributed by atoms with Crippen molar-refractivity contribution in [3.05, 3.63) is 68.9 Å². The van der Waals surface area contributed by atoms with Crippen LogP contribution in [0.3, 0.4) is 0 Å². The van der Waals surface area contributed by atoms with E-state index in [0.717, 1.165) is 28.9 Å². The zero-order chi connectivity index (χ0) is 21.0. The number of Topliss-reactive ketones (excluding diaryl/α,β-unsaturated/α-hetero) is 1. The summed E-state index contributed by atoms with van der Waals surface area (Å²) in [6.45, 7) is 1.75. The standard InChI is InChI=1S/C18H16ClFN4O3S2/c1-11-10-28-18(24-11)5-4-17(25)16-9-21-12(7-22-16)8-23-29(26,27)13-2-3-15(20)14(19)6-13/h2-3,6-7,9-10,23H,4-5,8H2,1H3. The highest BCUT2D eigenvalue weighted by molar-refractivity contribution is 7.89. The number of thiazole rings is 1. The second kappa shape index (κ2) is 9.04. The Balaban J connectivity index is 1.58. The van der Waals surface area contributed by atoms with E-state index in [4.69, 9.17) is 11.6 Å². The van der Waals surface area contributed by atoms with E-state index in [2.05, 4.69) is 19.7 Å². The van der Waals surface area contributed by atoms with Crippen molar-refractivity contribution < 1.29 is 17.6 Å². The Hall–Kier alpha value is -2.27. The van der Waals surface area contributed by atoms with Gasteiger partial charge in [-0.15, -0.1) is 11.3 Å². The van der Waals surface area contributed by atoms with Gasteiger partial charge in [0.15, 0.2) is 5.78 Å². The van der Waals surface area contributed by atoms with E-state index in [1.165, 1.54) is 23.7 Å². The number of aryl methyl sites for hydroxylation is 2. The molecule has 0 saturated heterocycles. The lowest BCUT2D eigenvalue weighted by Crippen LogP contribution is -2.24. The van der Waals surface area contributed by atoms with E-state index in [-0.39, 0.29) is 34.4 Å². The first-order valence-corrected chi connectivity index (χ1v) is 11.2. The van der Waals surface area contributed by atoms with Gasteiger partial charge >= 0.3 is 0 Å². The van der Waals surface area contributed by atoms with Crippen LogP contribution >= 0.6 is 22.9 Å². The number of sulfonamides is 1. The maximum atomic E-state index is 13.2. The fourth-order valence-electron chi connectivity index (χ4n) is 2.35. The molecule has 0 atom stereocenters. The minimum atomic E-state index is -3.90. The van der Waals surface area contributed by atoms with E-state index >= 15 is 0 Å². The van der Waals surface area contributed by atoms with Crippen molar-refractivity contribution in [2.75, 3.05) is 0 Å². The van der Waals surface area contributed by atoms with Gasteiger partial charge in [0.1, 0.15) is 11.5 Å². The molecule has 0 saturated carbocycles. The number of ketones is 1. The molecular weight excluding hydrogens is 439 g/mol. The Kier molecular flexibility index (Phi) is 6.68. The van der Waals surface area contributed by atoms with Crippen LogP contribution in [-0.4, -0.2) is 29.2 Å². The van der Waals surface area contributed by atoms with Crippen LogP contribution in [-0.2, 0) is 23.0 Å². The first kappa shape index (κ1) is 21.4. The average molecular weight is 455 g/mol. The van der Waals surface area contributed by atoms with Crippen molar-refractivity contribution in [2.45, 2.75) is 31.2 Å². The molecule has 0 aliphatic rings. The second-order valence-corrected chi connectivity index (χ2v) is 9.22. The fraction of sp³-hybridized carbons (Fsp3) is 0.222. The number of nitrogens with zero attached hydrogens (tertiary/aromatic N) is 3. The number of halogens is 2. The van der Waals surface area contributed by atoms with Crippen molar-refractivity contribution in [2.24, 2.45) is 0 Å². The highest BCUT2D eigenvalue weighted by Gasteiger charge is 2.16. The molecule has 0 unspecified atom stereocenters. The van der Waals surface area contributed by atoms with Crippen molar-refractivity contribution >= 4 is 38.7 Å². The minimum Gasteiger partial charge on any atom is -0.292 e. The zero-order valence-corrected chi connectivity index (χ0v) is 17.6. The van der Waals surface area contributed by atoms with Crippen LogP contribution in [0.5, 0.6) is 0 Å². The number of hydrogen-bond acceptors (Lipinski definition) is 7. The number of aromatic nitrogens is 3. The topological polar surface area (TPSA) is 102 Å².